The number of aliphatic hydroxyl groups excluding tert-OH is 1. The highest BCUT2D eigenvalue weighted by Gasteiger charge is 2.30. The Kier molecular flexibility index (Phi) is 70.4. The van der Waals surface area contributed by atoms with Crippen molar-refractivity contribution >= 4 is 39.5 Å². The van der Waals surface area contributed by atoms with Crippen LogP contribution in [0.4, 0.5) is 0 Å². The van der Waals surface area contributed by atoms with Crippen molar-refractivity contribution in [1.29, 1.82) is 0 Å². The Bertz CT molecular complexity index is 2270. The quantitative estimate of drug-likeness (QED) is 0.0169. The molecule has 0 aliphatic carbocycles. The van der Waals surface area contributed by atoms with Gasteiger partial charge in [-0.05, 0) is 148 Å². The van der Waals surface area contributed by atoms with Gasteiger partial charge in [0.25, 0.3) is 0 Å². The molecule has 3 N–H and O–H groups in total. The summed E-state index contributed by atoms with van der Waals surface area (Å²) in [5.41, 5.74) is 0. The fourth-order valence-corrected chi connectivity index (χ4v) is 12.0. The Labute approximate surface area is 607 Å². The number of rotatable bonds is 74. The number of phosphoric acid groups is 2. The van der Waals surface area contributed by atoms with E-state index >= 15 is 0 Å². The molecule has 0 bridgehead atoms. The van der Waals surface area contributed by atoms with Crippen LogP contribution >= 0.6 is 15.6 Å². The lowest BCUT2D eigenvalue weighted by Gasteiger charge is -2.21. The summed E-state index contributed by atoms with van der Waals surface area (Å²) in [6.07, 6.45) is 76.8. The zero-order valence-corrected chi connectivity index (χ0v) is 64.9. The number of ether oxygens (including phenoxy) is 4. The van der Waals surface area contributed by atoms with Crippen molar-refractivity contribution in [3.8, 4) is 0 Å². The molecule has 0 aromatic rings. The Hall–Kier alpha value is -4.02. The zero-order chi connectivity index (χ0) is 73.2. The molecule has 0 spiro atoms. The molecule has 0 rings (SSSR count). The first-order chi connectivity index (χ1) is 48.7. The van der Waals surface area contributed by atoms with E-state index in [1.807, 2.05) is 12.2 Å². The predicted molar refractivity (Wildman–Crippen MR) is 409 cm³/mol. The zero-order valence-electron chi connectivity index (χ0n) is 63.1. The van der Waals surface area contributed by atoms with Gasteiger partial charge in [-0.2, -0.15) is 0 Å². The highest BCUT2D eigenvalue weighted by Crippen LogP contribution is 2.45. The first kappa shape index (κ1) is 96.0. The average molecular weight is 1450 g/mol. The molecule has 0 aliphatic rings. The molecule has 0 amide bonds. The van der Waals surface area contributed by atoms with Crippen molar-refractivity contribution in [2.24, 2.45) is 0 Å². The molecule has 0 aromatic heterocycles. The second-order valence-electron chi connectivity index (χ2n) is 26.3. The molecule has 0 aromatic carbocycles. The van der Waals surface area contributed by atoms with Gasteiger partial charge in [0.2, 0.25) is 0 Å². The molecular formula is C81H142O17P2. The molecule has 100 heavy (non-hydrogen) atoms. The molecule has 0 heterocycles. The van der Waals surface area contributed by atoms with E-state index < -0.39 is 97.5 Å². The minimum Gasteiger partial charge on any atom is -0.462 e. The first-order valence-electron chi connectivity index (χ1n) is 39.5. The van der Waals surface area contributed by atoms with Crippen LogP contribution < -0.4 is 0 Å². The van der Waals surface area contributed by atoms with Gasteiger partial charge in [-0.3, -0.25) is 37.3 Å². The van der Waals surface area contributed by atoms with E-state index in [0.29, 0.717) is 32.1 Å². The third-order valence-electron chi connectivity index (χ3n) is 16.5. The van der Waals surface area contributed by atoms with E-state index in [-0.39, 0.29) is 25.7 Å². The van der Waals surface area contributed by atoms with Crippen molar-refractivity contribution in [3.63, 3.8) is 0 Å². The molecule has 5 atom stereocenters. The van der Waals surface area contributed by atoms with E-state index in [1.165, 1.54) is 103 Å². The average Bonchev–Trinajstić information content (AvgIpc) is 0.962. The number of phosphoric ester groups is 2. The fourth-order valence-electron chi connectivity index (χ4n) is 10.4. The predicted octanol–water partition coefficient (Wildman–Crippen LogP) is 22.8. The summed E-state index contributed by atoms with van der Waals surface area (Å²) >= 11 is 0. The number of hydrogen-bond acceptors (Lipinski definition) is 15. The van der Waals surface area contributed by atoms with Gasteiger partial charge in [0.15, 0.2) is 12.2 Å². The Balaban J connectivity index is 5.41. The number of esters is 4. The summed E-state index contributed by atoms with van der Waals surface area (Å²) < 4.78 is 68.5. The highest BCUT2D eigenvalue weighted by atomic mass is 31.2. The van der Waals surface area contributed by atoms with Gasteiger partial charge in [-0.15, -0.1) is 0 Å². The molecule has 0 aliphatic heterocycles. The topological polar surface area (TPSA) is 237 Å². The van der Waals surface area contributed by atoms with Gasteiger partial charge in [0.05, 0.1) is 26.4 Å². The van der Waals surface area contributed by atoms with Crippen LogP contribution in [0.15, 0.2) is 97.2 Å². The Morgan fingerprint density at radius 2 is 0.500 bits per heavy atom. The molecule has 19 heteroatoms. The van der Waals surface area contributed by atoms with E-state index in [9.17, 15) is 43.2 Å². The standard InChI is InChI=1S/C81H142O17P2/c1-5-9-13-17-21-25-29-33-36-37-40-44-48-52-56-60-64-68-81(86)98-77(72-92-79(84)66-62-58-54-50-46-43-39-35-31-27-23-19-15-11-7-3)74-96-100(89,90)94-70-75(82)69-93-99(87,88)95-73-76(97-80(85)67-63-59-55-51-47-41-32-28-24-20-16-12-8-4)71-91-78(83)65-61-57-53-49-45-42-38-34-30-26-22-18-14-10-6-2/h21-22,25-26,28,32-36,38-40,44,52,56,75-77,82H,5-20,23-24,27,29-31,37,41-43,45-51,53-55,57-74H2,1-4H3,(H,87,88)(H,89,90)/b25-21-,26-22-,32-28-,36-33-,38-34-,39-35-,44-40-,56-52-/t75-,76+,77+/m0/s1. The van der Waals surface area contributed by atoms with Crippen molar-refractivity contribution in [3.05, 3.63) is 97.2 Å². The number of carbonyl (C=O) groups excluding carboxylic acids is 4. The minimum atomic E-state index is -4.99. The lowest BCUT2D eigenvalue weighted by atomic mass is 10.1. The smallest absolute Gasteiger partial charge is 0.462 e. The molecule has 0 radical (unpaired) electrons. The van der Waals surface area contributed by atoms with Crippen molar-refractivity contribution in [2.75, 3.05) is 39.6 Å². The third-order valence-corrected chi connectivity index (χ3v) is 18.4. The second-order valence-corrected chi connectivity index (χ2v) is 29.2. The molecule has 0 fully saturated rings. The van der Waals surface area contributed by atoms with Crippen molar-refractivity contribution in [2.45, 2.75) is 354 Å². The number of hydrogen-bond donors (Lipinski definition) is 3. The summed E-state index contributed by atoms with van der Waals surface area (Å²) in [7, 11) is -9.97. The van der Waals surface area contributed by atoms with Gasteiger partial charge < -0.3 is 33.8 Å². The van der Waals surface area contributed by atoms with Gasteiger partial charge >= 0.3 is 39.5 Å². The summed E-state index contributed by atoms with van der Waals surface area (Å²) in [6, 6.07) is 0. The van der Waals surface area contributed by atoms with Gasteiger partial charge in [-0.1, -0.05) is 260 Å². The highest BCUT2D eigenvalue weighted by molar-refractivity contribution is 7.47. The van der Waals surface area contributed by atoms with Crippen LogP contribution in [0.25, 0.3) is 0 Å². The summed E-state index contributed by atoms with van der Waals surface area (Å²) in [5.74, 6) is -2.26. The van der Waals surface area contributed by atoms with Gasteiger partial charge in [-0.25, -0.2) is 9.13 Å². The maximum absolute atomic E-state index is 13.1. The van der Waals surface area contributed by atoms with Crippen molar-refractivity contribution in [1.82, 2.24) is 0 Å². The van der Waals surface area contributed by atoms with E-state index in [0.717, 1.165) is 148 Å². The number of aliphatic hydroxyl groups is 1. The largest absolute Gasteiger partial charge is 0.472 e. The minimum absolute atomic E-state index is 0.0177. The molecule has 2 unspecified atom stereocenters. The summed E-state index contributed by atoms with van der Waals surface area (Å²) in [6.45, 7) is 4.73. The normalized spacial score (nSPS) is 14.4. The lowest BCUT2D eigenvalue weighted by Crippen LogP contribution is -2.30. The first-order valence-corrected chi connectivity index (χ1v) is 42.5. The van der Waals surface area contributed by atoms with E-state index in [4.69, 9.17) is 37.0 Å². The maximum Gasteiger partial charge on any atom is 0.472 e. The van der Waals surface area contributed by atoms with Gasteiger partial charge in [0, 0.05) is 25.7 Å². The fraction of sp³-hybridized carbons (Fsp3) is 0.753. The molecule has 0 saturated heterocycles. The van der Waals surface area contributed by atoms with Gasteiger partial charge in [0.1, 0.15) is 19.3 Å². The summed E-state index contributed by atoms with van der Waals surface area (Å²) in [4.78, 5) is 72.9. The van der Waals surface area contributed by atoms with E-state index in [1.54, 1.807) is 0 Å². The van der Waals surface area contributed by atoms with Crippen LogP contribution in [0.3, 0.4) is 0 Å². The number of carbonyl (C=O) groups is 4. The lowest BCUT2D eigenvalue weighted by molar-refractivity contribution is -0.161. The molecule has 578 valence electrons. The Morgan fingerprint density at radius 1 is 0.280 bits per heavy atom. The van der Waals surface area contributed by atoms with Crippen LogP contribution in [-0.4, -0.2) is 96.7 Å². The summed E-state index contributed by atoms with van der Waals surface area (Å²) in [5, 5.41) is 10.6. The molecular weight excluding hydrogens is 1310 g/mol. The van der Waals surface area contributed by atoms with Crippen LogP contribution in [0.1, 0.15) is 336 Å². The maximum atomic E-state index is 13.1. The second kappa shape index (κ2) is 73.3. The van der Waals surface area contributed by atoms with Crippen LogP contribution in [0.5, 0.6) is 0 Å². The SMILES string of the molecule is CCCCC/C=C\C/C=C\C/C=C\C/C=C\CCCC(=O)O[C@H](COC(=O)CCCCCCC/C=C\CCCCCCCC)COP(=O)(O)OC[C@@H](O)COP(=O)(O)OC[C@@H](COC(=O)CCCCCCC/C=C\C/C=C\CCCCC)OC(=O)CCCCCCC/C=C\CCCCCC. The van der Waals surface area contributed by atoms with Crippen LogP contribution in [0, 0.1) is 0 Å². The van der Waals surface area contributed by atoms with Crippen molar-refractivity contribution < 1.29 is 80.2 Å². The molecule has 17 nitrogen and oxygen atoms in total. The van der Waals surface area contributed by atoms with Crippen LogP contribution in [0.2, 0.25) is 0 Å². The third kappa shape index (κ3) is 72.3. The van der Waals surface area contributed by atoms with E-state index in [2.05, 4.69) is 113 Å². The number of allylic oxidation sites excluding steroid dienone is 16. The number of unbranched alkanes of at least 4 members (excludes halogenated alkanes) is 32. The monoisotopic (exact) mass is 1450 g/mol. The van der Waals surface area contributed by atoms with Crippen LogP contribution in [-0.2, 0) is 65.4 Å². The molecule has 0 saturated carbocycles. The Morgan fingerprint density at radius 3 is 0.830 bits per heavy atom.